The van der Waals surface area contributed by atoms with Crippen molar-refractivity contribution >= 4 is 21.7 Å². The zero-order valence-electron chi connectivity index (χ0n) is 15.9. The number of nitrogens with one attached hydrogen (secondary N) is 1. The van der Waals surface area contributed by atoms with Gasteiger partial charge in [-0.3, -0.25) is 9.59 Å². The van der Waals surface area contributed by atoms with E-state index in [1.807, 2.05) is 35.2 Å². The first-order valence-corrected chi connectivity index (χ1v) is 11.8. The van der Waals surface area contributed by atoms with E-state index in [-0.39, 0.29) is 41.8 Å². The number of carbonyl (C=O) groups is 2. The van der Waals surface area contributed by atoms with E-state index < -0.39 is 9.84 Å². The lowest BCUT2D eigenvalue weighted by Gasteiger charge is -2.30. The molecule has 4 rings (SSSR count). The Morgan fingerprint density at radius 1 is 1.14 bits per heavy atom. The molecule has 1 aromatic rings. The first-order chi connectivity index (χ1) is 13.4. The van der Waals surface area contributed by atoms with Gasteiger partial charge in [0.15, 0.2) is 9.84 Å². The van der Waals surface area contributed by atoms with Crippen LogP contribution in [0.2, 0.25) is 0 Å². The second-order valence-electron chi connectivity index (χ2n) is 8.03. The highest BCUT2D eigenvalue weighted by Gasteiger charge is 2.40. The van der Waals surface area contributed by atoms with Crippen molar-refractivity contribution in [3.8, 4) is 0 Å². The van der Waals surface area contributed by atoms with Gasteiger partial charge in [-0.25, -0.2) is 8.42 Å². The van der Waals surface area contributed by atoms with Crippen LogP contribution in [0, 0.1) is 0 Å². The predicted octanol–water partition coefficient (Wildman–Crippen LogP) is 1.96. The molecule has 3 aliphatic rings. The normalized spacial score (nSPS) is 26.4. The minimum atomic E-state index is -3.04. The molecule has 150 valence electrons. The lowest BCUT2D eigenvalue weighted by atomic mass is 9.88. The summed E-state index contributed by atoms with van der Waals surface area (Å²) in [5, 5.41) is 2.82. The van der Waals surface area contributed by atoms with Gasteiger partial charge in [0.1, 0.15) is 0 Å². The Balaban J connectivity index is 1.47. The maximum Gasteiger partial charge on any atom is 0.251 e. The topological polar surface area (TPSA) is 83.6 Å². The number of hydrogen-bond donors (Lipinski definition) is 1. The van der Waals surface area contributed by atoms with Gasteiger partial charge in [-0.05, 0) is 36.8 Å². The summed E-state index contributed by atoms with van der Waals surface area (Å²) in [4.78, 5) is 27.6. The molecule has 0 radical (unpaired) electrons. The van der Waals surface area contributed by atoms with Crippen LogP contribution in [0.5, 0.6) is 0 Å². The monoisotopic (exact) mass is 402 g/mol. The van der Waals surface area contributed by atoms with Crippen molar-refractivity contribution < 1.29 is 18.0 Å². The molecule has 2 fully saturated rings. The van der Waals surface area contributed by atoms with E-state index >= 15 is 0 Å². The second-order valence-corrected chi connectivity index (χ2v) is 10.3. The molecule has 1 saturated heterocycles. The fourth-order valence-electron chi connectivity index (χ4n) is 4.64. The van der Waals surface area contributed by atoms with E-state index in [0.717, 1.165) is 36.8 Å². The lowest BCUT2D eigenvalue weighted by molar-refractivity contribution is -0.129. The summed E-state index contributed by atoms with van der Waals surface area (Å²) in [6.07, 6.45) is 4.45. The number of carbonyl (C=O) groups excluding carboxylic acids is 2. The van der Waals surface area contributed by atoms with Gasteiger partial charge in [0, 0.05) is 18.2 Å². The summed E-state index contributed by atoms with van der Waals surface area (Å²) in [7, 11) is -3.04. The van der Waals surface area contributed by atoms with Crippen LogP contribution >= 0.6 is 0 Å². The van der Waals surface area contributed by atoms with Crippen molar-refractivity contribution in [2.75, 3.05) is 11.5 Å². The maximum atomic E-state index is 13.1. The van der Waals surface area contributed by atoms with Crippen molar-refractivity contribution in [1.82, 2.24) is 10.2 Å². The molecule has 0 bridgehead atoms. The Morgan fingerprint density at radius 2 is 1.93 bits per heavy atom. The summed E-state index contributed by atoms with van der Waals surface area (Å²) in [5.74, 6) is -0.164. The number of benzene rings is 1. The average molecular weight is 403 g/mol. The third kappa shape index (κ3) is 3.99. The number of sulfone groups is 1. The second kappa shape index (κ2) is 7.70. The number of amides is 2. The summed E-state index contributed by atoms with van der Waals surface area (Å²) < 4.78 is 23.2. The highest BCUT2D eigenvalue weighted by Crippen LogP contribution is 2.38. The highest BCUT2D eigenvalue weighted by molar-refractivity contribution is 7.91. The predicted molar refractivity (Wildman–Crippen MR) is 106 cm³/mol. The Labute approximate surface area is 165 Å². The SMILES string of the molecule is O=C(CC1=C2CCCCC2N(Cc2ccccc2)C1=O)NC1CCS(=O)(=O)C1. The van der Waals surface area contributed by atoms with Crippen molar-refractivity contribution in [2.45, 2.75) is 57.2 Å². The van der Waals surface area contributed by atoms with E-state index in [9.17, 15) is 18.0 Å². The summed E-state index contributed by atoms with van der Waals surface area (Å²) in [6.45, 7) is 0.555. The van der Waals surface area contributed by atoms with E-state index in [0.29, 0.717) is 18.5 Å². The fraction of sp³-hybridized carbons (Fsp3) is 0.524. The molecule has 28 heavy (non-hydrogen) atoms. The Bertz CT molecular complexity index is 908. The smallest absolute Gasteiger partial charge is 0.251 e. The third-order valence-electron chi connectivity index (χ3n) is 5.99. The average Bonchev–Trinajstić information content (AvgIpc) is 3.14. The third-order valence-corrected chi connectivity index (χ3v) is 7.76. The zero-order valence-corrected chi connectivity index (χ0v) is 16.7. The molecule has 0 spiro atoms. The van der Waals surface area contributed by atoms with Gasteiger partial charge in [0.2, 0.25) is 5.91 Å². The highest BCUT2D eigenvalue weighted by atomic mass is 32.2. The molecular formula is C21H26N2O4S. The first kappa shape index (κ1) is 19.2. The van der Waals surface area contributed by atoms with Crippen molar-refractivity contribution in [2.24, 2.45) is 0 Å². The zero-order chi connectivity index (χ0) is 19.7. The fourth-order valence-corrected chi connectivity index (χ4v) is 6.31. The molecule has 1 saturated carbocycles. The van der Waals surface area contributed by atoms with Crippen LogP contribution in [0.4, 0.5) is 0 Å². The summed E-state index contributed by atoms with van der Waals surface area (Å²) >= 11 is 0. The lowest BCUT2D eigenvalue weighted by Crippen LogP contribution is -2.37. The molecule has 2 amide bonds. The van der Waals surface area contributed by atoms with E-state index in [2.05, 4.69) is 5.32 Å². The molecule has 7 heteroatoms. The van der Waals surface area contributed by atoms with Crippen LogP contribution in [0.3, 0.4) is 0 Å². The van der Waals surface area contributed by atoms with Crippen LogP contribution in [0.25, 0.3) is 0 Å². The first-order valence-electron chi connectivity index (χ1n) is 9.99. The molecule has 6 nitrogen and oxygen atoms in total. The van der Waals surface area contributed by atoms with Gasteiger partial charge in [-0.15, -0.1) is 0 Å². The Morgan fingerprint density at radius 3 is 2.64 bits per heavy atom. The maximum absolute atomic E-state index is 13.1. The largest absolute Gasteiger partial charge is 0.352 e. The van der Waals surface area contributed by atoms with Gasteiger partial charge >= 0.3 is 0 Å². The van der Waals surface area contributed by atoms with Gasteiger partial charge in [0.05, 0.1) is 24.0 Å². The van der Waals surface area contributed by atoms with Crippen molar-refractivity contribution in [3.05, 3.63) is 47.0 Å². The quantitative estimate of drug-likeness (QED) is 0.816. The number of fused-ring (bicyclic) bond motifs is 1. The molecule has 0 aromatic heterocycles. The Kier molecular flexibility index (Phi) is 5.27. The van der Waals surface area contributed by atoms with Crippen LogP contribution in [-0.2, 0) is 26.0 Å². The molecule has 1 N–H and O–H groups in total. The number of nitrogens with zero attached hydrogens (tertiary/aromatic N) is 1. The van der Waals surface area contributed by atoms with Crippen molar-refractivity contribution in [1.29, 1.82) is 0 Å². The van der Waals surface area contributed by atoms with Gasteiger partial charge in [0.25, 0.3) is 5.91 Å². The molecule has 1 aliphatic carbocycles. The molecule has 2 aliphatic heterocycles. The number of hydrogen-bond acceptors (Lipinski definition) is 4. The van der Waals surface area contributed by atoms with E-state index in [1.165, 1.54) is 0 Å². The van der Waals surface area contributed by atoms with Gasteiger partial charge in [-0.2, -0.15) is 0 Å². The van der Waals surface area contributed by atoms with Crippen LogP contribution in [-0.4, -0.2) is 48.7 Å². The number of rotatable bonds is 5. The molecular weight excluding hydrogens is 376 g/mol. The minimum absolute atomic E-state index is 0.00134. The van der Waals surface area contributed by atoms with E-state index in [4.69, 9.17) is 0 Å². The molecule has 2 heterocycles. The molecule has 2 unspecified atom stereocenters. The summed E-state index contributed by atoms with van der Waals surface area (Å²) in [6, 6.07) is 9.68. The Hall–Kier alpha value is -2.15. The molecule has 1 aromatic carbocycles. The van der Waals surface area contributed by atoms with Crippen LogP contribution < -0.4 is 5.32 Å². The van der Waals surface area contributed by atoms with Crippen LogP contribution in [0.15, 0.2) is 41.5 Å². The van der Waals surface area contributed by atoms with Gasteiger partial charge in [-0.1, -0.05) is 36.8 Å². The summed E-state index contributed by atoms with van der Waals surface area (Å²) in [5.41, 5.74) is 2.82. The van der Waals surface area contributed by atoms with Gasteiger partial charge < -0.3 is 10.2 Å². The van der Waals surface area contributed by atoms with Crippen molar-refractivity contribution in [3.63, 3.8) is 0 Å². The molecule has 2 atom stereocenters. The standard InChI is InChI=1S/C21H26N2O4S/c24-20(22-16-10-11-28(26,27)14-16)12-18-17-8-4-5-9-19(17)23(21(18)25)13-15-6-2-1-3-7-15/h1-3,6-7,16,19H,4-5,8-14H2,(H,22,24). The van der Waals surface area contributed by atoms with Crippen LogP contribution in [0.1, 0.15) is 44.1 Å². The minimum Gasteiger partial charge on any atom is -0.352 e. The van der Waals surface area contributed by atoms with E-state index in [1.54, 1.807) is 0 Å².